The quantitative estimate of drug-likeness (QED) is 0.368. The van der Waals surface area contributed by atoms with Gasteiger partial charge in [0.1, 0.15) is 0 Å². The first-order chi connectivity index (χ1) is 7.36. The van der Waals surface area contributed by atoms with Gasteiger partial charge < -0.3 is 5.21 Å². The minimum absolute atomic E-state index is 0.140. The van der Waals surface area contributed by atoms with Gasteiger partial charge >= 0.3 is 6.18 Å². The molecule has 1 aromatic rings. The lowest BCUT2D eigenvalue weighted by atomic mass is 10.1. The minimum atomic E-state index is -4.41. The first-order valence-electron chi connectivity index (χ1n) is 4.36. The van der Waals surface area contributed by atoms with Crippen LogP contribution in [0.15, 0.2) is 29.4 Å². The number of rotatable bonds is 2. The molecule has 1 unspecified atom stereocenters. The van der Waals surface area contributed by atoms with E-state index in [0.717, 1.165) is 12.1 Å². The maximum Gasteiger partial charge on any atom is 0.416 e. The van der Waals surface area contributed by atoms with Crippen molar-refractivity contribution in [3.63, 3.8) is 0 Å². The summed E-state index contributed by atoms with van der Waals surface area (Å²) in [4.78, 5) is 0. The van der Waals surface area contributed by atoms with Crippen LogP contribution in [0.25, 0.3) is 0 Å². The molecular weight excluding hydrogens is 243 g/mol. The number of halogens is 4. The van der Waals surface area contributed by atoms with Crippen LogP contribution < -0.4 is 0 Å². The Morgan fingerprint density at radius 1 is 1.44 bits per heavy atom. The highest BCUT2D eigenvalue weighted by atomic mass is 35.5. The van der Waals surface area contributed by atoms with Crippen LogP contribution in [0.1, 0.15) is 23.4 Å². The second kappa shape index (κ2) is 4.74. The molecule has 16 heavy (non-hydrogen) atoms. The number of benzene rings is 1. The van der Waals surface area contributed by atoms with E-state index < -0.39 is 17.1 Å². The molecule has 1 aromatic carbocycles. The number of hydrogen-bond donors (Lipinski definition) is 1. The van der Waals surface area contributed by atoms with E-state index in [2.05, 4.69) is 5.16 Å². The van der Waals surface area contributed by atoms with E-state index >= 15 is 0 Å². The standard InChI is InChI=1S/C10H9ClF3NO/c1-6(15-16)9(11)7-3-2-4-8(5-7)10(12,13)14/h2-5,9,16H,1H3/b15-6+. The van der Waals surface area contributed by atoms with Gasteiger partial charge in [-0.1, -0.05) is 17.3 Å². The fourth-order valence-electron chi connectivity index (χ4n) is 1.16. The van der Waals surface area contributed by atoms with Crippen LogP contribution in [-0.2, 0) is 6.18 Å². The molecule has 0 aliphatic heterocycles. The second-order valence-electron chi connectivity index (χ2n) is 3.23. The Kier molecular flexibility index (Phi) is 3.80. The lowest BCUT2D eigenvalue weighted by molar-refractivity contribution is -0.137. The Bertz CT molecular complexity index is 403. The third-order valence-electron chi connectivity index (χ3n) is 2.03. The lowest BCUT2D eigenvalue weighted by Gasteiger charge is -2.11. The van der Waals surface area contributed by atoms with Gasteiger partial charge in [-0.25, -0.2) is 0 Å². The number of nitrogens with zero attached hydrogens (tertiary/aromatic N) is 1. The van der Waals surface area contributed by atoms with Gasteiger partial charge in [-0.2, -0.15) is 13.2 Å². The zero-order chi connectivity index (χ0) is 12.3. The summed E-state index contributed by atoms with van der Waals surface area (Å²) in [6.45, 7) is 1.43. The van der Waals surface area contributed by atoms with E-state index in [1.807, 2.05) is 0 Å². The summed E-state index contributed by atoms with van der Waals surface area (Å²) in [7, 11) is 0. The first kappa shape index (κ1) is 12.8. The monoisotopic (exact) mass is 251 g/mol. The van der Waals surface area contributed by atoms with Crippen molar-refractivity contribution in [3.8, 4) is 0 Å². The fraction of sp³-hybridized carbons (Fsp3) is 0.300. The lowest BCUT2D eigenvalue weighted by Crippen LogP contribution is -2.08. The molecule has 1 atom stereocenters. The van der Waals surface area contributed by atoms with Crippen LogP contribution in [0.2, 0.25) is 0 Å². The topological polar surface area (TPSA) is 32.6 Å². The molecule has 1 rings (SSSR count). The molecule has 88 valence electrons. The van der Waals surface area contributed by atoms with Gasteiger partial charge in [0.25, 0.3) is 0 Å². The summed E-state index contributed by atoms with van der Waals surface area (Å²) in [6.07, 6.45) is -4.41. The van der Waals surface area contributed by atoms with Crippen molar-refractivity contribution in [1.29, 1.82) is 0 Å². The van der Waals surface area contributed by atoms with Crippen molar-refractivity contribution < 1.29 is 18.4 Å². The van der Waals surface area contributed by atoms with E-state index in [1.54, 1.807) is 0 Å². The predicted octanol–water partition coefficient (Wildman–Crippen LogP) is 3.84. The molecule has 0 aromatic heterocycles. The zero-order valence-electron chi connectivity index (χ0n) is 8.29. The van der Waals surface area contributed by atoms with Crippen molar-refractivity contribution in [1.82, 2.24) is 0 Å². The summed E-state index contributed by atoms with van der Waals surface area (Å²) in [5.41, 5.74) is -0.394. The first-order valence-corrected chi connectivity index (χ1v) is 4.79. The molecule has 2 nitrogen and oxygen atoms in total. The molecule has 0 aliphatic rings. The van der Waals surface area contributed by atoms with Gasteiger partial charge in [0.05, 0.1) is 16.7 Å². The summed E-state index contributed by atoms with van der Waals surface area (Å²) in [5.74, 6) is 0. The van der Waals surface area contributed by atoms with Crippen LogP contribution in [0, 0.1) is 0 Å². The van der Waals surface area contributed by atoms with Gasteiger partial charge in [0, 0.05) is 0 Å². The van der Waals surface area contributed by atoms with Crippen LogP contribution in [0.5, 0.6) is 0 Å². The molecule has 6 heteroatoms. The van der Waals surface area contributed by atoms with E-state index in [1.165, 1.54) is 19.1 Å². The summed E-state index contributed by atoms with van der Waals surface area (Å²) >= 11 is 5.82. The molecular formula is C10H9ClF3NO. The molecule has 0 saturated heterocycles. The maximum absolute atomic E-state index is 12.4. The minimum Gasteiger partial charge on any atom is -0.411 e. The summed E-state index contributed by atoms with van der Waals surface area (Å²) < 4.78 is 37.2. The second-order valence-corrected chi connectivity index (χ2v) is 3.66. The highest BCUT2D eigenvalue weighted by Gasteiger charge is 2.31. The normalized spacial score (nSPS) is 14.9. The van der Waals surface area contributed by atoms with E-state index in [-0.39, 0.29) is 11.3 Å². The smallest absolute Gasteiger partial charge is 0.411 e. The molecule has 0 amide bonds. The zero-order valence-corrected chi connectivity index (χ0v) is 9.05. The third kappa shape index (κ3) is 2.88. The Hall–Kier alpha value is -1.23. The van der Waals surface area contributed by atoms with E-state index in [4.69, 9.17) is 16.8 Å². The third-order valence-corrected chi connectivity index (χ3v) is 2.60. The van der Waals surface area contributed by atoms with Crippen LogP contribution in [-0.4, -0.2) is 10.9 Å². The van der Waals surface area contributed by atoms with E-state index in [9.17, 15) is 13.2 Å². The van der Waals surface area contributed by atoms with Crippen molar-refractivity contribution in [3.05, 3.63) is 35.4 Å². The van der Waals surface area contributed by atoms with Crippen molar-refractivity contribution >= 4 is 17.3 Å². The Balaban J connectivity index is 3.09. The largest absolute Gasteiger partial charge is 0.416 e. The average molecular weight is 252 g/mol. The van der Waals surface area contributed by atoms with Crippen molar-refractivity contribution in [2.24, 2.45) is 5.16 Å². The highest BCUT2D eigenvalue weighted by Crippen LogP contribution is 2.32. The molecule has 0 saturated carbocycles. The van der Waals surface area contributed by atoms with Crippen molar-refractivity contribution in [2.75, 3.05) is 0 Å². The number of alkyl halides is 4. The van der Waals surface area contributed by atoms with Gasteiger partial charge in [0.2, 0.25) is 0 Å². The van der Waals surface area contributed by atoms with E-state index in [0.29, 0.717) is 0 Å². The Morgan fingerprint density at radius 3 is 2.56 bits per heavy atom. The van der Waals surface area contributed by atoms with Crippen LogP contribution in [0.4, 0.5) is 13.2 Å². The van der Waals surface area contributed by atoms with Crippen LogP contribution in [0.3, 0.4) is 0 Å². The molecule has 0 fully saturated rings. The van der Waals surface area contributed by atoms with Crippen LogP contribution >= 0.6 is 11.6 Å². The Labute approximate surface area is 95.3 Å². The highest BCUT2D eigenvalue weighted by molar-refractivity contribution is 6.31. The average Bonchev–Trinajstić information content (AvgIpc) is 2.26. The Morgan fingerprint density at radius 2 is 2.06 bits per heavy atom. The summed E-state index contributed by atoms with van der Waals surface area (Å²) in [6, 6.07) is 4.60. The van der Waals surface area contributed by atoms with Gasteiger partial charge in [-0.05, 0) is 24.6 Å². The fourth-order valence-corrected chi connectivity index (χ4v) is 1.34. The number of oxime groups is 1. The van der Waals surface area contributed by atoms with Crippen molar-refractivity contribution in [2.45, 2.75) is 18.5 Å². The maximum atomic E-state index is 12.4. The molecule has 1 N–H and O–H groups in total. The molecule has 0 heterocycles. The van der Waals surface area contributed by atoms with Gasteiger partial charge in [-0.15, -0.1) is 11.6 Å². The van der Waals surface area contributed by atoms with Gasteiger partial charge in [-0.3, -0.25) is 0 Å². The summed E-state index contributed by atoms with van der Waals surface area (Å²) in [5, 5.41) is 10.5. The molecule has 0 aliphatic carbocycles. The SMILES string of the molecule is C/C(=N\O)C(Cl)c1cccc(C(F)(F)F)c1. The molecule has 0 radical (unpaired) electrons. The predicted molar refractivity (Wildman–Crippen MR) is 54.9 cm³/mol. The molecule has 0 spiro atoms. The molecule has 0 bridgehead atoms. The van der Waals surface area contributed by atoms with Gasteiger partial charge in [0.15, 0.2) is 0 Å². The number of hydrogen-bond acceptors (Lipinski definition) is 2.